The summed E-state index contributed by atoms with van der Waals surface area (Å²) in [5, 5.41) is 4.17. The Labute approximate surface area is 141 Å². The minimum Gasteiger partial charge on any atom is -0.298 e. The van der Waals surface area contributed by atoms with Gasteiger partial charge in [-0.15, -0.1) is 0 Å². The number of carbonyl (C=O) groups is 1. The van der Waals surface area contributed by atoms with Crippen LogP contribution in [0.3, 0.4) is 0 Å². The molecule has 0 radical (unpaired) electrons. The molecule has 0 saturated carbocycles. The van der Waals surface area contributed by atoms with E-state index in [1.54, 1.807) is 12.1 Å². The summed E-state index contributed by atoms with van der Waals surface area (Å²) in [6.45, 7) is 2.74. The van der Waals surface area contributed by atoms with Gasteiger partial charge in [-0.05, 0) is 17.7 Å². The van der Waals surface area contributed by atoms with Crippen molar-refractivity contribution in [2.24, 2.45) is 5.10 Å². The van der Waals surface area contributed by atoms with Crippen molar-refractivity contribution in [1.29, 1.82) is 0 Å². The maximum absolute atomic E-state index is 13.5. The molecule has 1 aliphatic heterocycles. The third-order valence-electron chi connectivity index (χ3n) is 4.12. The van der Waals surface area contributed by atoms with Crippen molar-refractivity contribution < 1.29 is 9.18 Å². The summed E-state index contributed by atoms with van der Waals surface area (Å²) in [7, 11) is 0. The van der Waals surface area contributed by atoms with Gasteiger partial charge in [-0.2, -0.15) is 5.10 Å². The molecule has 0 unspecified atom stereocenters. The Morgan fingerprint density at radius 1 is 1.04 bits per heavy atom. The van der Waals surface area contributed by atoms with Crippen LogP contribution in [0.5, 0.6) is 0 Å². The normalized spacial score (nSPS) is 15.1. The average Bonchev–Trinajstić information content (AvgIpc) is 2.62. The van der Waals surface area contributed by atoms with Crippen LogP contribution in [0.4, 0.5) is 4.39 Å². The smallest absolute Gasteiger partial charge is 0.274 e. The van der Waals surface area contributed by atoms with Crippen LogP contribution in [0.1, 0.15) is 28.8 Å². The molecule has 0 atom stereocenters. The van der Waals surface area contributed by atoms with E-state index in [0.717, 1.165) is 38.2 Å². The lowest BCUT2D eigenvalue weighted by molar-refractivity contribution is 0.0950. The molecule has 2 aromatic carbocycles. The summed E-state index contributed by atoms with van der Waals surface area (Å²) in [6.07, 6.45) is 1.62. The van der Waals surface area contributed by atoms with E-state index in [4.69, 9.17) is 0 Å². The molecule has 2 aromatic rings. The first-order chi connectivity index (χ1) is 11.7. The van der Waals surface area contributed by atoms with Gasteiger partial charge in [0.05, 0.1) is 5.56 Å². The number of hydrazone groups is 1. The predicted molar refractivity (Wildman–Crippen MR) is 92.3 cm³/mol. The standard InChI is InChI=1S/C19H20FN3O/c20-18-9-5-4-8-17(18)19(24)22-21-16-10-12-23(13-11-16)14-15-6-2-1-3-7-15/h1-9H,10-14H2,(H,22,24). The van der Waals surface area contributed by atoms with Gasteiger partial charge in [-0.25, -0.2) is 9.82 Å². The minimum atomic E-state index is -0.534. The van der Waals surface area contributed by atoms with Crippen molar-refractivity contribution in [3.63, 3.8) is 0 Å². The van der Waals surface area contributed by atoms with Gasteiger partial charge in [0.15, 0.2) is 0 Å². The highest BCUT2D eigenvalue weighted by Crippen LogP contribution is 2.12. The van der Waals surface area contributed by atoms with Crippen LogP contribution in [0.15, 0.2) is 59.7 Å². The number of rotatable bonds is 4. The molecule has 4 nitrogen and oxygen atoms in total. The molecule has 1 aliphatic rings. The van der Waals surface area contributed by atoms with Gasteiger partial charge in [0, 0.05) is 38.2 Å². The van der Waals surface area contributed by atoms with Gasteiger partial charge in [-0.1, -0.05) is 42.5 Å². The maximum Gasteiger partial charge on any atom is 0.274 e. The van der Waals surface area contributed by atoms with E-state index < -0.39 is 11.7 Å². The molecule has 1 N–H and O–H groups in total. The van der Waals surface area contributed by atoms with Crippen molar-refractivity contribution in [2.45, 2.75) is 19.4 Å². The van der Waals surface area contributed by atoms with Gasteiger partial charge in [0.25, 0.3) is 5.91 Å². The first kappa shape index (κ1) is 16.3. The number of amides is 1. The number of halogens is 1. The minimum absolute atomic E-state index is 0.0170. The fraction of sp³-hybridized carbons (Fsp3) is 0.263. The van der Waals surface area contributed by atoms with Gasteiger partial charge in [0.2, 0.25) is 0 Å². The largest absolute Gasteiger partial charge is 0.298 e. The highest BCUT2D eigenvalue weighted by atomic mass is 19.1. The zero-order valence-corrected chi connectivity index (χ0v) is 13.4. The van der Waals surface area contributed by atoms with E-state index >= 15 is 0 Å². The highest BCUT2D eigenvalue weighted by Gasteiger charge is 2.16. The third kappa shape index (κ3) is 4.26. The molecule has 3 rings (SSSR count). The zero-order valence-electron chi connectivity index (χ0n) is 13.4. The maximum atomic E-state index is 13.5. The molecule has 1 amide bonds. The van der Waals surface area contributed by atoms with Gasteiger partial charge >= 0.3 is 0 Å². The van der Waals surface area contributed by atoms with Crippen LogP contribution in [0, 0.1) is 5.82 Å². The topological polar surface area (TPSA) is 44.7 Å². The van der Waals surface area contributed by atoms with Crippen molar-refractivity contribution in [2.75, 3.05) is 13.1 Å². The first-order valence-corrected chi connectivity index (χ1v) is 8.09. The molecule has 0 bridgehead atoms. The first-order valence-electron chi connectivity index (χ1n) is 8.09. The fourth-order valence-electron chi connectivity index (χ4n) is 2.76. The highest BCUT2D eigenvalue weighted by molar-refractivity contribution is 5.95. The lowest BCUT2D eigenvalue weighted by Crippen LogP contribution is -2.34. The van der Waals surface area contributed by atoms with Crippen molar-refractivity contribution in [3.05, 3.63) is 71.5 Å². The Bertz CT molecular complexity index is 720. The van der Waals surface area contributed by atoms with Crippen LogP contribution in [0.2, 0.25) is 0 Å². The van der Waals surface area contributed by atoms with Crippen LogP contribution in [-0.4, -0.2) is 29.6 Å². The molecule has 0 aromatic heterocycles. The lowest BCUT2D eigenvalue weighted by atomic mass is 10.1. The van der Waals surface area contributed by atoms with Crippen LogP contribution < -0.4 is 5.43 Å². The van der Waals surface area contributed by atoms with E-state index in [9.17, 15) is 9.18 Å². The summed E-state index contributed by atoms with van der Waals surface area (Å²) in [5.41, 5.74) is 4.73. The third-order valence-corrected chi connectivity index (χ3v) is 4.12. The summed E-state index contributed by atoms with van der Waals surface area (Å²) < 4.78 is 13.5. The van der Waals surface area contributed by atoms with Crippen LogP contribution in [-0.2, 0) is 6.54 Å². The summed E-state index contributed by atoms with van der Waals surface area (Å²) >= 11 is 0. The molecule has 1 saturated heterocycles. The Morgan fingerprint density at radius 3 is 2.42 bits per heavy atom. The Hall–Kier alpha value is -2.53. The number of nitrogens with one attached hydrogen (secondary N) is 1. The van der Waals surface area contributed by atoms with E-state index in [0.29, 0.717) is 0 Å². The molecule has 1 heterocycles. The van der Waals surface area contributed by atoms with Crippen molar-refractivity contribution >= 4 is 11.6 Å². The number of nitrogens with zero attached hydrogens (tertiary/aromatic N) is 2. The number of piperidine rings is 1. The van der Waals surface area contributed by atoms with Crippen LogP contribution >= 0.6 is 0 Å². The lowest BCUT2D eigenvalue weighted by Gasteiger charge is -2.27. The van der Waals surface area contributed by atoms with E-state index in [-0.39, 0.29) is 5.56 Å². The molecular weight excluding hydrogens is 305 g/mol. The van der Waals surface area contributed by atoms with Gasteiger partial charge < -0.3 is 0 Å². The summed E-state index contributed by atoms with van der Waals surface area (Å²) in [6, 6.07) is 16.3. The Balaban J connectivity index is 1.50. The SMILES string of the molecule is O=C(NN=C1CCN(Cc2ccccc2)CC1)c1ccccc1F. The number of hydrogen-bond acceptors (Lipinski definition) is 3. The quantitative estimate of drug-likeness (QED) is 0.877. The van der Waals surface area contributed by atoms with Crippen molar-refractivity contribution in [1.82, 2.24) is 10.3 Å². The Kier molecular flexibility index (Phi) is 5.33. The number of hydrogen-bond donors (Lipinski definition) is 1. The monoisotopic (exact) mass is 325 g/mol. The second kappa shape index (κ2) is 7.84. The summed E-state index contributed by atoms with van der Waals surface area (Å²) in [5.74, 6) is -1.04. The number of carbonyl (C=O) groups excluding carboxylic acids is 1. The predicted octanol–water partition coefficient (Wildman–Crippen LogP) is 3.21. The van der Waals surface area contributed by atoms with E-state index in [2.05, 4.69) is 27.6 Å². The summed E-state index contributed by atoms with van der Waals surface area (Å²) in [4.78, 5) is 14.3. The van der Waals surface area contributed by atoms with Crippen molar-refractivity contribution in [3.8, 4) is 0 Å². The number of benzene rings is 2. The zero-order chi connectivity index (χ0) is 16.8. The van der Waals surface area contributed by atoms with Crippen LogP contribution in [0.25, 0.3) is 0 Å². The second-order valence-corrected chi connectivity index (χ2v) is 5.86. The molecule has 124 valence electrons. The molecule has 5 heteroatoms. The molecule has 0 spiro atoms. The second-order valence-electron chi connectivity index (χ2n) is 5.86. The molecule has 0 aliphatic carbocycles. The average molecular weight is 325 g/mol. The fourth-order valence-corrected chi connectivity index (χ4v) is 2.76. The Morgan fingerprint density at radius 2 is 1.71 bits per heavy atom. The molecular formula is C19H20FN3O. The van der Waals surface area contributed by atoms with Gasteiger partial charge in [0.1, 0.15) is 5.82 Å². The van der Waals surface area contributed by atoms with E-state index in [1.165, 1.54) is 17.7 Å². The molecule has 1 fully saturated rings. The van der Waals surface area contributed by atoms with E-state index in [1.807, 2.05) is 18.2 Å². The number of likely N-dealkylation sites (tertiary alicyclic amines) is 1. The van der Waals surface area contributed by atoms with Gasteiger partial charge in [-0.3, -0.25) is 9.69 Å². The molecule has 24 heavy (non-hydrogen) atoms.